The van der Waals surface area contributed by atoms with Gasteiger partial charge in [0.05, 0.1) is 29.7 Å². The molecular weight excluding hydrogens is 372 g/mol. The third kappa shape index (κ3) is 5.51. The lowest BCUT2D eigenvalue weighted by molar-refractivity contribution is -0.385. The quantitative estimate of drug-likeness (QED) is 0.482. The van der Waals surface area contributed by atoms with E-state index in [4.69, 9.17) is 4.74 Å². The fraction of sp³-hybridized carbons (Fsp3) is 0.429. The lowest BCUT2D eigenvalue weighted by atomic mass is 10.1. The van der Waals surface area contributed by atoms with E-state index in [1.54, 1.807) is 20.8 Å². The summed E-state index contributed by atoms with van der Waals surface area (Å²) in [6.45, 7) is 5.00. The Hall–Kier alpha value is -2.16. The van der Waals surface area contributed by atoms with Crippen LogP contribution in [-0.2, 0) is 16.0 Å². The van der Waals surface area contributed by atoms with Crippen LogP contribution in [0.15, 0.2) is 16.6 Å². The molecule has 0 saturated carbocycles. The molecule has 0 fully saturated rings. The first kappa shape index (κ1) is 18.9. The summed E-state index contributed by atoms with van der Waals surface area (Å²) in [5.74, 6) is -0.702. The number of alkyl carbamates (subject to hydrolysis) is 1. The molecule has 1 amide bonds. The molecule has 1 rings (SSSR count). The number of nitrogens with one attached hydrogen (secondary N) is 1. The summed E-state index contributed by atoms with van der Waals surface area (Å²) in [6.07, 6.45) is -0.694. The summed E-state index contributed by atoms with van der Waals surface area (Å²) >= 11 is 3.16. The second kappa shape index (κ2) is 7.40. The zero-order valence-electron chi connectivity index (χ0n) is 13.1. The molecule has 0 saturated heterocycles. The Bertz CT molecular complexity index is 639. The number of nitro groups is 1. The maximum absolute atomic E-state index is 11.6. The molecule has 0 heterocycles. The minimum Gasteiger partial charge on any atom is -0.465 e. The molecule has 0 atom stereocenters. The number of ether oxygens (including phenoxy) is 2. The van der Waals surface area contributed by atoms with Gasteiger partial charge in [-0.25, -0.2) is 9.59 Å². The lowest BCUT2D eigenvalue weighted by Crippen LogP contribution is -2.32. The topological polar surface area (TPSA) is 108 Å². The van der Waals surface area contributed by atoms with Crippen LogP contribution in [0.1, 0.15) is 36.7 Å². The molecular formula is C14H17BrN2O6. The molecule has 0 radical (unpaired) electrons. The Kier molecular flexibility index (Phi) is 6.08. The molecule has 0 aliphatic rings. The Balaban J connectivity index is 3.03. The highest BCUT2D eigenvalue weighted by molar-refractivity contribution is 9.10. The van der Waals surface area contributed by atoms with Gasteiger partial charge in [0, 0.05) is 10.5 Å². The van der Waals surface area contributed by atoms with Crippen molar-refractivity contribution in [3.8, 4) is 0 Å². The van der Waals surface area contributed by atoms with Crippen LogP contribution in [0.5, 0.6) is 0 Å². The van der Waals surface area contributed by atoms with E-state index in [2.05, 4.69) is 26.0 Å². The number of hydrogen-bond acceptors (Lipinski definition) is 6. The van der Waals surface area contributed by atoms with E-state index in [1.807, 2.05) is 0 Å². The fourth-order valence-electron chi connectivity index (χ4n) is 1.66. The lowest BCUT2D eigenvalue weighted by Gasteiger charge is -2.19. The molecule has 23 heavy (non-hydrogen) atoms. The van der Waals surface area contributed by atoms with E-state index in [1.165, 1.54) is 13.2 Å². The summed E-state index contributed by atoms with van der Waals surface area (Å²) in [7, 11) is 1.18. The van der Waals surface area contributed by atoms with E-state index in [0.29, 0.717) is 4.47 Å². The molecule has 0 aliphatic heterocycles. The van der Waals surface area contributed by atoms with Crippen molar-refractivity contribution in [2.75, 3.05) is 7.11 Å². The number of carbonyl (C=O) groups is 2. The number of halogens is 1. The van der Waals surface area contributed by atoms with Crippen molar-refractivity contribution in [1.82, 2.24) is 5.32 Å². The number of amides is 1. The molecule has 1 aromatic rings. The number of hydrogen-bond donors (Lipinski definition) is 1. The van der Waals surface area contributed by atoms with Gasteiger partial charge >= 0.3 is 12.1 Å². The van der Waals surface area contributed by atoms with E-state index < -0.39 is 22.6 Å². The standard InChI is InChI=1S/C14H17BrN2O6/c1-14(2,3)23-13(19)16-7-8-5-10(15)9(12(18)22-4)6-11(8)17(20)21/h5-6H,7H2,1-4H3,(H,16,19). The van der Waals surface area contributed by atoms with Gasteiger partial charge in [-0.1, -0.05) is 0 Å². The maximum atomic E-state index is 11.6. The number of nitrogens with zero attached hydrogens (tertiary/aromatic N) is 1. The number of methoxy groups -OCH3 is 1. The van der Waals surface area contributed by atoms with Crippen molar-refractivity contribution in [3.05, 3.63) is 37.8 Å². The van der Waals surface area contributed by atoms with Crippen molar-refractivity contribution in [1.29, 1.82) is 0 Å². The Morgan fingerprint density at radius 3 is 2.43 bits per heavy atom. The van der Waals surface area contributed by atoms with Crippen molar-refractivity contribution < 1.29 is 24.0 Å². The van der Waals surface area contributed by atoms with E-state index in [-0.39, 0.29) is 23.4 Å². The van der Waals surface area contributed by atoms with E-state index >= 15 is 0 Å². The van der Waals surface area contributed by atoms with Gasteiger partial charge in [0.25, 0.3) is 5.69 Å². The van der Waals surface area contributed by atoms with Gasteiger partial charge in [-0.05, 0) is 42.8 Å². The minimum absolute atomic E-state index is 0.0280. The molecule has 1 aromatic carbocycles. The first-order valence-electron chi connectivity index (χ1n) is 6.57. The number of rotatable bonds is 4. The zero-order chi connectivity index (χ0) is 17.8. The zero-order valence-corrected chi connectivity index (χ0v) is 14.7. The van der Waals surface area contributed by atoms with Crippen molar-refractivity contribution in [2.45, 2.75) is 32.9 Å². The Morgan fingerprint density at radius 1 is 1.35 bits per heavy atom. The molecule has 0 aliphatic carbocycles. The molecule has 9 heteroatoms. The normalized spacial score (nSPS) is 10.8. The second-order valence-electron chi connectivity index (χ2n) is 5.56. The van der Waals surface area contributed by atoms with Crippen LogP contribution in [-0.4, -0.2) is 29.7 Å². The van der Waals surface area contributed by atoms with Crippen molar-refractivity contribution in [3.63, 3.8) is 0 Å². The molecule has 1 N–H and O–H groups in total. The Morgan fingerprint density at radius 2 is 1.96 bits per heavy atom. The summed E-state index contributed by atoms with van der Waals surface area (Å²) in [5.41, 5.74) is -0.726. The van der Waals surface area contributed by atoms with E-state index in [9.17, 15) is 19.7 Å². The fourth-order valence-corrected chi connectivity index (χ4v) is 2.22. The van der Waals surface area contributed by atoms with Crippen molar-refractivity contribution >= 4 is 33.7 Å². The summed E-state index contributed by atoms with van der Waals surface area (Å²) in [6, 6.07) is 2.49. The Labute approximate surface area is 141 Å². The number of nitro benzene ring substituents is 1. The van der Waals surface area contributed by atoms with Crippen LogP contribution in [0.4, 0.5) is 10.5 Å². The average molecular weight is 389 g/mol. The van der Waals surface area contributed by atoms with Crippen LogP contribution >= 0.6 is 15.9 Å². The third-order valence-corrected chi connectivity index (χ3v) is 3.25. The SMILES string of the molecule is COC(=O)c1cc([N+](=O)[O-])c(CNC(=O)OC(C)(C)C)cc1Br. The minimum atomic E-state index is -0.702. The monoisotopic (exact) mass is 388 g/mol. The third-order valence-electron chi connectivity index (χ3n) is 2.59. The molecule has 0 unspecified atom stereocenters. The van der Waals surface area contributed by atoms with Crippen LogP contribution in [0.3, 0.4) is 0 Å². The number of carbonyl (C=O) groups excluding carboxylic acids is 2. The summed E-state index contributed by atoms with van der Waals surface area (Å²) in [5, 5.41) is 13.6. The molecule has 0 bridgehead atoms. The second-order valence-corrected chi connectivity index (χ2v) is 6.42. The average Bonchev–Trinajstić information content (AvgIpc) is 2.42. The molecule has 0 aromatic heterocycles. The van der Waals surface area contributed by atoms with Crippen molar-refractivity contribution in [2.24, 2.45) is 0 Å². The summed E-state index contributed by atoms with van der Waals surface area (Å²) < 4.78 is 9.96. The highest BCUT2D eigenvalue weighted by Crippen LogP contribution is 2.28. The van der Waals surface area contributed by atoms with Crippen LogP contribution in [0, 0.1) is 10.1 Å². The van der Waals surface area contributed by atoms with Gasteiger partial charge in [-0.3, -0.25) is 10.1 Å². The highest BCUT2D eigenvalue weighted by Gasteiger charge is 2.22. The number of benzene rings is 1. The largest absolute Gasteiger partial charge is 0.465 e. The van der Waals surface area contributed by atoms with Gasteiger partial charge in [-0.2, -0.15) is 0 Å². The van der Waals surface area contributed by atoms with Gasteiger partial charge in [0.1, 0.15) is 5.60 Å². The van der Waals surface area contributed by atoms with Gasteiger partial charge in [-0.15, -0.1) is 0 Å². The predicted octanol–water partition coefficient (Wildman–Crippen LogP) is 3.17. The van der Waals surface area contributed by atoms with Crippen LogP contribution in [0.25, 0.3) is 0 Å². The molecule has 8 nitrogen and oxygen atoms in total. The first-order valence-corrected chi connectivity index (χ1v) is 7.36. The smallest absolute Gasteiger partial charge is 0.407 e. The first-order chi connectivity index (χ1) is 10.5. The number of esters is 1. The van der Waals surface area contributed by atoms with E-state index in [0.717, 1.165) is 6.07 Å². The van der Waals surface area contributed by atoms with Crippen LogP contribution in [0.2, 0.25) is 0 Å². The predicted molar refractivity (Wildman–Crippen MR) is 85.2 cm³/mol. The van der Waals surface area contributed by atoms with Gasteiger partial charge in [0.2, 0.25) is 0 Å². The summed E-state index contributed by atoms with van der Waals surface area (Å²) in [4.78, 5) is 33.7. The molecule has 0 spiro atoms. The highest BCUT2D eigenvalue weighted by atomic mass is 79.9. The van der Waals surface area contributed by atoms with Gasteiger partial charge in [0.15, 0.2) is 0 Å². The maximum Gasteiger partial charge on any atom is 0.407 e. The van der Waals surface area contributed by atoms with Gasteiger partial charge < -0.3 is 14.8 Å². The molecule has 126 valence electrons. The van der Waals surface area contributed by atoms with Crippen LogP contribution < -0.4 is 5.32 Å².